The fourth-order valence-electron chi connectivity index (χ4n) is 2.28. The van der Waals surface area contributed by atoms with E-state index in [1.165, 1.54) is 16.9 Å². The van der Waals surface area contributed by atoms with E-state index in [2.05, 4.69) is 31.4 Å². The zero-order valence-electron chi connectivity index (χ0n) is 13.4. The van der Waals surface area contributed by atoms with Crippen LogP contribution in [0.25, 0.3) is 0 Å². The number of rotatable bonds is 4. The number of carbonyl (C=O) groups excluding carboxylic acids is 1. The number of hydrogen-bond acceptors (Lipinski definition) is 3. The van der Waals surface area contributed by atoms with E-state index in [4.69, 9.17) is 11.6 Å². The second-order valence-electron chi connectivity index (χ2n) is 5.45. The molecule has 1 N–H and O–H groups in total. The first-order valence-electron chi connectivity index (χ1n) is 7.32. The lowest BCUT2D eigenvalue weighted by atomic mass is 10.2. The van der Waals surface area contributed by atoms with E-state index < -0.39 is 5.82 Å². The van der Waals surface area contributed by atoms with Crippen molar-refractivity contribution in [3.05, 3.63) is 62.9 Å². The van der Waals surface area contributed by atoms with Gasteiger partial charge < -0.3 is 5.32 Å². The van der Waals surface area contributed by atoms with Gasteiger partial charge in [-0.25, -0.2) is 4.39 Å². The Kier molecular flexibility index (Phi) is 4.91. The van der Waals surface area contributed by atoms with Gasteiger partial charge in [0.25, 0.3) is 5.91 Å². The normalized spacial score (nSPS) is 10.9. The van der Waals surface area contributed by atoms with Gasteiger partial charge in [-0.3, -0.25) is 14.2 Å². The average Bonchev–Trinajstić information content (AvgIpc) is 3.11. The van der Waals surface area contributed by atoms with Gasteiger partial charge in [0.05, 0.1) is 28.6 Å². The van der Waals surface area contributed by atoms with E-state index in [-0.39, 0.29) is 18.1 Å². The van der Waals surface area contributed by atoms with Crippen molar-refractivity contribution in [1.29, 1.82) is 0 Å². The predicted octanol–water partition coefficient (Wildman–Crippen LogP) is 3.78. The third kappa shape index (κ3) is 3.59. The first-order valence-corrected chi connectivity index (χ1v) is 8.49. The van der Waals surface area contributed by atoms with Crippen molar-refractivity contribution in [3.8, 4) is 0 Å². The van der Waals surface area contributed by atoms with Crippen molar-refractivity contribution in [2.24, 2.45) is 7.05 Å². The summed E-state index contributed by atoms with van der Waals surface area (Å²) in [7, 11) is 1.76. The van der Waals surface area contributed by atoms with Crippen LogP contribution in [0.5, 0.6) is 0 Å². The maximum atomic E-state index is 13.8. The van der Waals surface area contributed by atoms with Crippen molar-refractivity contribution < 1.29 is 9.18 Å². The first-order chi connectivity index (χ1) is 11.9. The Balaban J connectivity index is 1.75. The zero-order valence-corrected chi connectivity index (χ0v) is 15.8. The van der Waals surface area contributed by atoms with Crippen LogP contribution in [-0.4, -0.2) is 25.5 Å². The van der Waals surface area contributed by atoms with Gasteiger partial charge in [-0.2, -0.15) is 10.2 Å². The molecule has 0 radical (unpaired) electrons. The molecule has 1 amide bonds. The molecule has 1 aromatic carbocycles. The molecule has 0 saturated heterocycles. The maximum absolute atomic E-state index is 13.8. The summed E-state index contributed by atoms with van der Waals surface area (Å²) in [4.78, 5) is 12.3. The Morgan fingerprint density at radius 3 is 2.84 bits per heavy atom. The number of halogens is 3. The van der Waals surface area contributed by atoms with Crippen molar-refractivity contribution in [2.45, 2.75) is 13.5 Å². The smallest absolute Gasteiger partial charge is 0.277 e. The third-order valence-electron chi connectivity index (χ3n) is 3.75. The lowest BCUT2D eigenvalue weighted by Crippen LogP contribution is -2.13. The van der Waals surface area contributed by atoms with Gasteiger partial charge >= 0.3 is 0 Å². The molecule has 6 nitrogen and oxygen atoms in total. The summed E-state index contributed by atoms with van der Waals surface area (Å²) < 4.78 is 17.6. The van der Waals surface area contributed by atoms with Crippen LogP contribution in [0.3, 0.4) is 0 Å². The summed E-state index contributed by atoms with van der Waals surface area (Å²) in [6.07, 6.45) is 3.08. The second kappa shape index (κ2) is 6.97. The van der Waals surface area contributed by atoms with Crippen molar-refractivity contribution >= 4 is 39.1 Å². The van der Waals surface area contributed by atoms with E-state index in [9.17, 15) is 9.18 Å². The number of anilines is 1. The summed E-state index contributed by atoms with van der Waals surface area (Å²) in [5.74, 6) is -0.763. The van der Waals surface area contributed by atoms with E-state index >= 15 is 0 Å². The topological polar surface area (TPSA) is 64.7 Å². The second-order valence-corrected chi connectivity index (χ2v) is 6.65. The van der Waals surface area contributed by atoms with Gasteiger partial charge in [-0.1, -0.05) is 17.7 Å². The molecule has 0 spiro atoms. The number of nitrogens with one attached hydrogen (secondary N) is 1. The minimum atomic E-state index is -0.401. The molecule has 3 aromatic rings. The molecule has 0 bridgehead atoms. The third-order valence-corrected chi connectivity index (χ3v) is 5.05. The molecular formula is C16H14BrClFN5O. The Morgan fingerprint density at radius 2 is 2.20 bits per heavy atom. The fraction of sp³-hybridized carbons (Fsp3) is 0.188. The zero-order chi connectivity index (χ0) is 18.1. The van der Waals surface area contributed by atoms with Crippen LogP contribution < -0.4 is 5.32 Å². The highest BCUT2D eigenvalue weighted by Crippen LogP contribution is 2.22. The Morgan fingerprint density at radius 1 is 1.44 bits per heavy atom. The maximum Gasteiger partial charge on any atom is 0.277 e. The quantitative estimate of drug-likeness (QED) is 0.690. The number of carbonyl (C=O) groups is 1. The standard InChI is InChI=1S/C16H14BrClFN5O/c1-9-14(17)15(22-23(9)2)16(25)21-10-6-20-24(7-10)8-11-12(18)4-3-5-13(11)19/h3-7H,8H2,1-2H3,(H,21,25). The van der Waals surface area contributed by atoms with Crippen LogP contribution in [0.2, 0.25) is 5.02 Å². The molecule has 0 aliphatic carbocycles. The molecule has 2 heterocycles. The number of benzene rings is 1. The monoisotopic (exact) mass is 425 g/mol. The van der Waals surface area contributed by atoms with E-state index in [0.29, 0.717) is 20.7 Å². The molecule has 0 saturated carbocycles. The highest BCUT2D eigenvalue weighted by Gasteiger charge is 2.18. The molecular weight excluding hydrogens is 413 g/mol. The van der Waals surface area contributed by atoms with E-state index in [0.717, 1.165) is 5.69 Å². The highest BCUT2D eigenvalue weighted by molar-refractivity contribution is 9.10. The molecule has 0 aliphatic heterocycles. The van der Waals surface area contributed by atoms with Crippen LogP contribution in [0.4, 0.5) is 10.1 Å². The molecule has 25 heavy (non-hydrogen) atoms. The summed E-state index contributed by atoms with van der Waals surface area (Å²) >= 11 is 9.38. The van der Waals surface area contributed by atoms with Crippen LogP contribution in [0, 0.1) is 12.7 Å². The number of hydrogen-bond donors (Lipinski definition) is 1. The van der Waals surface area contributed by atoms with Gasteiger partial charge in [-0.05, 0) is 35.0 Å². The number of nitrogens with zero attached hydrogens (tertiary/aromatic N) is 4. The molecule has 3 rings (SSSR count). The first kappa shape index (κ1) is 17.6. The van der Waals surface area contributed by atoms with Gasteiger partial charge in [0, 0.05) is 23.8 Å². The summed E-state index contributed by atoms with van der Waals surface area (Å²) in [5.41, 5.74) is 1.95. The number of aromatic nitrogens is 4. The minimum Gasteiger partial charge on any atom is -0.318 e. The van der Waals surface area contributed by atoms with Crippen molar-refractivity contribution in [1.82, 2.24) is 19.6 Å². The Bertz CT molecular complexity index is 932. The molecule has 130 valence electrons. The fourth-order valence-corrected chi connectivity index (χ4v) is 3.02. The lowest BCUT2D eigenvalue weighted by molar-refractivity contribution is 0.102. The van der Waals surface area contributed by atoms with Crippen LogP contribution >= 0.6 is 27.5 Å². The van der Waals surface area contributed by atoms with Gasteiger partial charge in [0.1, 0.15) is 5.82 Å². The molecule has 0 fully saturated rings. The SMILES string of the molecule is Cc1c(Br)c(C(=O)Nc2cnn(Cc3c(F)cccc3Cl)c2)nn1C. The number of amides is 1. The van der Waals surface area contributed by atoms with Crippen LogP contribution in [-0.2, 0) is 13.6 Å². The average molecular weight is 427 g/mol. The highest BCUT2D eigenvalue weighted by atomic mass is 79.9. The molecule has 9 heteroatoms. The molecule has 2 aromatic heterocycles. The lowest BCUT2D eigenvalue weighted by Gasteiger charge is -2.05. The molecule has 0 aliphatic rings. The van der Waals surface area contributed by atoms with Gasteiger partial charge in [-0.15, -0.1) is 0 Å². The van der Waals surface area contributed by atoms with Crippen LogP contribution in [0.15, 0.2) is 35.1 Å². The Hall–Kier alpha value is -2.19. The summed E-state index contributed by atoms with van der Waals surface area (Å²) in [5, 5.41) is 11.3. The molecule has 0 unspecified atom stereocenters. The van der Waals surface area contributed by atoms with Crippen molar-refractivity contribution in [3.63, 3.8) is 0 Å². The minimum absolute atomic E-state index is 0.160. The van der Waals surface area contributed by atoms with Crippen LogP contribution in [0.1, 0.15) is 21.7 Å². The summed E-state index contributed by atoms with van der Waals surface area (Å²) in [6, 6.07) is 4.50. The van der Waals surface area contributed by atoms with E-state index in [1.54, 1.807) is 30.1 Å². The largest absolute Gasteiger partial charge is 0.318 e. The summed E-state index contributed by atoms with van der Waals surface area (Å²) in [6.45, 7) is 2.01. The molecule has 0 atom stereocenters. The van der Waals surface area contributed by atoms with Crippen molar-refractivity contribution in [2.75, 3.05) is 5.32 Å². The predicted molar refractivity (Wildman–Crippen MR) is 96.3 cm³/mol. The van der Waals surface area contributed by atoms with E-state index in [1.807, 2.05) is 6.92 Å². The van der Waals surface area contributed by atoms with Gasteiger partial charge in [0.2, 0.25) is 0 Å². The number of aryl methyl sites for hydroxylation is 1. The Labute approximate surface area is 156 Å². The van der Waals surface area contributed by atoms with Gasteiger partial charge in [0.15, 0.2) is 5.69 Å².